The van der Waals surface area contributed by atoms with E-state index < -0.39 is 0 Å². The van der Waals surface area contributed by atoms with Crippen molar-refractivity contribution in [2.24, 2.45) is 0 Å². The van der Waals surface area contributed by atoms with Crippen LogP contribution in [0.5, 0.6) is 0 Å². The minimum absolute atomic E-state index is 0.502. The first-order chi connectivity index (χ1) is 6.88. The molecule has 1 aliphatic carbocycles. The van der Waals surface area contributed by atoms with Gasteiger partial charge in [0.1, 0.15) is 0 Å². The first kappa shape index (κ1) is 7.81. The summed E-state index contributed by atoms with van der Waals surface area (Å²) in [6.45, 7) is 2.25. The normalized spacial score (nSPS) is 13.8. The highest BCUT2D eigenvalue weighted by molar-refractivity contribution is 5.78. The van der Waals surface area contributed by atoms with Crippen molar-refractivity contribution < 1.29 is 0 Å². The van der Waals surface area contributed by atoms with Crippen LogP contribution in [-0.4, -0.2) is 0 Å². The first-order valence-corrected chi connectivity index (χ1v) is 4.98. The molecular formula is C14H11. The van der Waals surface area contributed by atoms with Crippen LogP contribution in [-0.2, 0) is 0 Å². The highest BCUT2D eigenvalue weighted by Crippen LogP contribution is 2.43. The zero-order chi connectivity index (χ0) is 9.54. The molecule has 0 saturated carbocycles. The van der Waals surface area contributed by atoms with E-state index in [1.807, 2.05) is 6.07 Å². The van der Waals surface area contributed by atoms with Crippen molar-refractivity contribution >= 4 is 0 Å². The SMILES string of the molecule is CC1c2[c]cccc2-c2ccccc21. The maximum atomic E-state index is 3.35. The van der Waals surface area contributed by atoms with Gasteiger partial charge in [-0.05, 0) is 28.3 Å². The summed E-state index contributed by atoms with van der Waals surface area (Å²) in [5, 5.41) is 0. The fourth-order valence-corrected chi connectivity index (χ4v) is 2.32. The van der Waals surface area contributed by atoms with Gasteiger partial charge in [0.2, 0.25) is 0 Å². The zero-order valence-corrected chi connectivity index (χ0v) is 8.12. The molecule has 67 valence electrons. The van der Waals surface area contributed by atoms with Crippen LogP contribution in [0, 0.1) is 6.07 Å². The first-order valence-electron chi connectivity index (χ1n) is 4.98. The van der Waals surface area contributed by atoms with Crippen LogP contribution in [0.15, 0.2) is 42.5 Å². The van der Waals surface area contributed by atoms with Gasteiger partial charge < -0.3 is 0 Å². The second kappa shape index (κ2) is 2.71. The lowest BCUT2D eigenvalue weighted by atomic mass is 10.00. The molecule has 1 aliphatic rings. The summed E-state index contributed by atoms with van der Waals surface area (Å²) in [4.78, 5) is 0. The Kier molecular flexibility index (Phi) is 1.51. The molecule has 0 heterocycles. The third-order valence-electron chi connectivity index (χ3n) is 3.04. The minimum Gasteiger partial charge on any atom is -0.0619 e. The molecule has 0 spiro atoms. The second-order valence-corrected chi connectivity index (χ2v) is 3.81. The van der Waals surface area contributed by atoms with E-state index in [0.29, 0.717) is 5.92 Å². The minimum atomic E-state index is 0.502. The van der Waals surface area contributed by atoms with Gasteiger partial charge in [-0.2, -0.15) is 0 Å². The molecule has 0 saturated heterocycles. The number of hydrogen-bond acceptors (Lipinski definition) is 0. The smallest absolute Gasteiger partial charge is 0.00794 e. The molecule has 1 unspecified atom stereocenters. The van der Waals surface area contributed by atoms with Crippen molar-refractivity contribution in [2.75, 3.05) is 0 Å². The quantitative estimate of drug-likeness (QED) is 0.579. The van der Waals surface area contributed by atoms with Crippen LogP contribution in [0.25, 0.3) is 11.1 Å². The second-order valence-electron chi connectivity index (χ2n) is 3.81. The van der Waals surface area contributed by atoms with Gasteiger partial charge in [0.05, 0.1) is 0 Å². The predicted octanol–water partition coefficient (Wildman–Crippen LogP) is 3.62. The number of benzene rings is 2. The van der Waals surface area contributed by atoms with E-state index in [1.165, 1.54) is 22.3 Å². The van der Waals surface area contributed by atoms with E-state index in [4.69, 9.17) is 0 Å². The largest absolute Gasteiger partial charge is 0.0619 e. The molecule has 3 rings (SSSR count). The molecule has 2 aromatic rings. The number of hydrogen-bond donors (Lipinski definition) is 0. The van der Waals surface area contributed by atoms with E-state index in [2.05, 4.69) is 49.4 Å². The van der Waals surface area contributed by atoms with Gasteiger partial charge in [-0.3, -0.25) is 0 Å². The highest BCUT2D eigenvalue weighted by atomic mass is 14.3. The molecule has 0 aliphatic heterocycles. The van der Waals surface area contributed by atoms with Gasteiger partial charge in [0.15, 0.2) is 0 Å². The van der Waals surface area contributed by atoms with Crippen LogP contribution < -0.4 is 0 Å². The van der Waals surface area contributed by atoms with Gasteiger partial charge in [-0.25, -0.2) is 0 Å². The Morgan fingerprint density at radius 1 is 1.00 bits per heavy atom. The van der Waals surface area contributed by atoms with E-state index in [1.54, 1.807) is 0 Å². The fraction of sp³-hybridized carbons (Fsp3) is 0.143. The predicted molar refractivity (Wildman–Crippen MR) is 58.2 cm³/mol. The van der Waals surface area contributed by atoms with Gasteiger partial charge in [-0.1, -0.05) is 49.4 Å². The molecule has 0 N–H and O–H groups in total. The van der Waals surface area contributed by atoms with E-state index >= 15 is 0 Å². The van der Waals surface area contributed by atoms with E-state index in [0.717, 1.165) is 0 Å². The molecule has 0 amide bonds. The van der Waals surface area contributed by atoms with Crippen LogP contribution in [0.3, 0.4) is 0 Å². The van der Waals surface area contributed by atoms with E-state index in [9.17, 15) is 0 Å². The molecule has 0 fully saturated rings. The average molecular weight is 179 g/mol. The lowest BCUT2D eigenvalue weighted by molar-refractivity contribution is 0.954. The third-order valence-corrected chi connectivity index (χ3v) is 3.04. The van der Waals surface area contributed by atoms with Crippen molar-refractivity contribution in [3.63, 3.8) is 0 Å². The molecule has 0 nitrogen and oxygen atoms in total. The van der Waals surface area contributed by atoms with Gasteiger partial charge in [0.25, 0.3) is 0 Å². The molecular weight excluding hydrogens is 168 g/mol. The van der Waals surface area contributed by atoms with Crippen molar-refractivity contribution in [3.8, 4) is 11.1 Å². The summed E-state index contributed by atoms with van der Waals surface area (Å²) < 4.78 is 0. The lowest BCUT2D eigenvalue weighted by Crippen LogP contribution is -1.88. The maximum absolute atomic E-state index is 3.35. The zero-order valence-electron chi connectivity index (χ0n) is 8.12. The number of rotatable bonds is 0. The summed E-state index contributed by atoms with van der Waals surface area (Å²) in [5.74, 6) is 0.502. The average Bonchev–Trinajstić information content (AvgIpc) is 2.55. The van der Waals surface area contributed by atoms with Crippen molar-refractivity contribution in [1.82, 2.24) is 0 Å². The summed E-state index contributed by atoms with van der Waals surface area (Å²) in [6, 6.07) is 18.2. The summed E-state index contributed by atoms with van der Waals surface area (Å²) in [6.07, 6.45) is 0. The molecule has 1 radical (unpaired) electrons. The van der Waals surface area contributed by atoms with Crippen molar-refractivity contribution in [3.05, 3.63) is 59.7 Å². The van der Waals surface area contributed by atoms with Gasteiger partial charge >= 0.3 is 0 Å². The Balaban J connectivity index is 2.36. The topological polar surface area (TPSA) is 0 Å². The summed E-state index contributed by atoms with van der Waals surface area (Å²) in [5.41, 5.74) is 5.51. The standard InChI is InChI=1S/C14H11/c1-10-11-6-2-4-8-13(11)14-9-5-3-7-12(10)14/h2-6,8-10H,1H3. The van der Waals surface area contributed by atoms with Gasteiger partial charge in [0, 0.05) is 5.92 Å². The Hall–Kier alpha value is -1.56. The molecule has 0 aromatic heterocycles. The molecule has 14 heavy (non-hydrogen) atoms. The van der Waals surface area contributed by atoms with Crippen LogP contribution >= 0.6 is 0 Å². The molecule has 1 atom stereocenters. The number of fused-ring (bicyclic) bond motifs is 3. The van der Waals surface area contributed by atoms with Crippen molar-refractivity contribution in [1.29, 1.82) is 0 Å². The highest BCUT2D eigenvalue weighted by Gasteiger charge is 2.23. The van der Waals surface area contributed by atoms with Crippen LogP contribution in [0.4, 0.5) is 0 Å². The van der Waals surface area contributed by atoms with Crippen LogP contribution in [0.2, 0.25) is 0 Å². The lowest BCUT2D eigenvalue weighted by Gasteiger charge is -2.04. The maximum Gasteiger partial charge on any atom is 0.00794 e. The Morgan fingerprint density at radius 3 is 2.71 bits per heavy atom. The monoisotopic (exact) mass is 179 g/mol. The Bertz CT molecular complexity index is 437. The molecule has 2 aromatic carbocycles. The summed E-state index contributed by atoms with van der Waals surface area (Å²) in [7, 11) is 0. The van der Waals surface area contributed by atoms with E-state index in [-0.39, 0.29) is 0 Å². The Labute approximate surface area is 84.2 Å². The van der Waals surface area contributed by atoms with Gasteiger partial charge in [-0.15, -0.1) is 0 Å². The Morgan fingerprint density at radius 2 is 1.79 bits per heavy atom. The fourth-order valence-electron chi connectivity index (χ4n) is 2.32. The third kappa shape index (κ3) is 0.884. The molecule has 0 bridgehead atoms. The van der Waals surface area contributed by atoms with Crippen LogP contribution in [0.1, 0.15) is 24.0 Å². The summed E-state index contributed by atoms with van der Waals surface area (Å²) >= 11 is 0. The van der Waals surface area contributed by atoms with Crippen molar-refractivity contribution in [2.45, 2.75) is 12.8 Å². The molecule has 0 heteroatoms.